The number of aryl methyl sites for hydroxylation is 1. The highest BCUT2D eigenvalue weighted by atomic mass is 31.3. The van der Waals surface area contributed by atoms with Crippen molar-refractivity contribution in [2.75, 3.05) is 13.7 Å². The molecule has 0 amide bonds. The predicted molar refractivity (Wildman–Crippen MR) is 87.7 cm³/mol. The quantitative estimate of drug-likeness (QED) is 0.299. The Morgan fingerprint density at radius 3 is 2.32 bits per heavy atom. The van der Waals surface area contributed by atoms with Gasteiger partial charge in [-0.3, -0.25) is 23.2 Å². The number of ether oxygens (including phenoxy) is 2. The van der Waals surface area contributed by atoms with Gasteiger partial charge in [-0.25, -0.2) is 9.11 Å². The second kappa shape index (κ2) is 9.45. The molecule has 6 atom stereocenters. The Labute approximate surface area is 172 Å². The summed E-state index contributed by atoms with van der Waals surface area (Å²) in [5.74, 6) is 0. The molecule has 178 valence electrons. The van der Waals surface area contributed by atoms with Crippen molar-refractivity contribution in [1.29, 1.82) is 0 Å². The minimum atomic E-state index is -6.15. The Bertz CT molecular complexity index is 1060. The van der Waals surface area contributed by atoms with Crippen molar-refractivity contribution >= 4 is 23.5 Å². The highest BCUT2D eigenvalue weighted by molar-refractivity contribution is 7.64. The lowest BCUT2D eigenvalue weighted by atomic mass is 10.0. The fourth-order valence-corrected chi connectivity index (χ4v) is 5.49. The zero-order valence-corrected chi connectivity index (χ0v) is 18.2. The van der Waals surface area contributed by atoms with Gasteiger partial charge in [-0.05, 0) is 0 Å². The summed E-state index contributed by atoms with van der Waals surface area (Å²) in [6.07, 6.45) is -4.55. The van der Waals surface area contributed by atoms with Gasteiger partial charge in [0.15, 0.2) is 0 Å². The summed E-state index contributed by atoms with van der Waals surface area (Å²) in [4.78, 5) is 68.9. The third-order valence-corrected chi connectivity index (χ3v) is 7.51. The van der Waals surface area contributed by atoms with Crippen molar-refractivity contribution in [3.05, 3.63) is 32.6 Å². The molecule has 0 bridgehead atoms. The minimum Gasteiger partial charge on any atom is -0.790 e. The van der Waals surface area contributed by atoms with Gasteiger partial charge in [0, 0.05) is 20.4 Å². The summed E-state index contributed by atoms with van der Waals surface area (Å²) in [6.45, 7) is -1.08. The van der Waals surface area contributed by atoms with Gasteiger partial charge in [0.1, 0.15) is 24.4 Å². The Kier molecular flexibility index (Phi) is 7.99. The fourth-order valence-electron chi connectivity index (χ4n) is 2.62. The molecule has 0 aromatic carbocycles. The number of hydrogen-bond acceptors (Lipinski definition) is 15. The molecule has 1 aromatic heterocycles. The highest BCUT2D eigenvalue weighted by Gasteiger charge is 2.46. The minimum absolute atomic E-state index is 0.156. The van der Waals surface area contributed by atoms with Crippen molar-refractivity contribution in [3.8, 4) is 0 Å². The van der Waals surface area contributed by atoms with Crippen molar-refractivity contribution < 1.29 is 61.0 Å². The maximum absolute atomic E-state index is 12.1. The van der Waals surface area contributed by atoms with Gasteiger partial charge in [0.05, 0.1) is 20.0 Å². The normalized spacial score (nSPS) is 28.2. The zero-order chi connectivity index (χ0) is 23.8. The molecule has 1 fully saturated rings. The zero-order valence-electron chi connectivity index (χ0n) is 15.5. The van der Waals surface area contributed by atoms with Crippen LogP contribution in [0.2, 0.25) is 0 Å². The number of nitrogens with zero attached hydrogens (tertiary/aromatic N) is 1. The maximum atomic E-state index is 12.1. The van der Waals surface area contributed by atoms with E-state index in [4.69, 9.17) is 9.47 Å². The number of phosphoric ester groups is 1. The molecular formula is C11H15N2O15P3-4. The molecule has 2 N–H and O–H groups in total. The topological polar surface area (TPSA) is 265 Å². The van der Waals surface area contributed by atoms with Crippen LogP contribution in [0.3, 0.4) is 0 Å². The first-order valence-electron chi connectivity index (χ1n) is 7.93. The summed E-state index contributed by atoms with van der Waals surface area (Å²) in [5, 5.41) is 10.3. The van der Waals surface area contributed by atoms with E-state index in [1.54, 1.807) is 0 Å². The first kappa shape index (κ1) is 26.2. The van der Waals surface area contributed by atoms with Crippen LogP contribution in [0.1, 0.15) is 11.7 Å². The number of nitrogens with one attached hydrogen (secondary N) is 1. The van der Waals surface area contributed by atoms with Crippen LogP contribution in [0, 0.1) is 0 Å². The first-order chi connectivity index (χ1) is 14.1. The third-order valence-electron chi connectivity index (χ3n) is 3.85. The van der Waals surface area contributed by atoms with Gasteiger partial charge in [0.2, 0.25) is 0 Å². The molecule has 1 aliphatic heterocycles. The summed E-state index contributed by atoms with van der Waals surface area (Å²) in [5.41, 5.74) is -1.77. The summed E-state index contributed by atoms with van der Waals surface area (Å²) in [6, 6.07) is 0. The van der Waals surface area contributed by atoms with Crippen molar-refractivity contribution in [2.45, 2.75) is 24.4 Å². The van der Waals surface area contributed by atoms with Crippen LogP contribution in [0.5, 0.6) is 0 Å². The number of H-pyrrole nitrogens is 1. The van der Waals surface area contributed by atoms with Gasteiger partial charge in [0.25, 0.3) is 21.2 Å². The van der Waals surface area contributed by atoms with Crippen LogP contribution in [0.25, 0.3) is 0 Å². The predicted octanol–water partition coefficient (Wildman–Crippen LogP) is -4.30. The van der Waals surface area contributed by atoms with E-state index >= 15 is 0 Å². The van der Waals surface area contributed by atoms with E-state index in [1.165, 1.54) is 7.05 Å². The fraction of sp³-hybridized carbons (Fsp3) is 0.636. The number of aromatic nitrogens is 2. The van der Waals surface area contributed by atoms with Crippen LogP contribution in [0.15, 0.2) is 15.8 Å². The van der Waals surface area contributed by atoms with Gasteiger partial charge in [-0.2, -0.15) is 0 Å². The Balaban J connectivity index is 2.14. The van der Waals surface area contributed by atoms with Crippen LogP contribution in [-0.4, -0.2) is 46.7 Å². The number of aliphatic hydroxyl groups excluding tert-OH is 1. The summed E-state index contributed by atoms with van der Waals surface area (Å²) in [7, 11) is -15.7. The average Bonchev–Trinajstić information content (AvgIpc) is 2.88. The molecule has 1 aliphatic rings. The number of rotatable bonds is 9. The van der Waals surface area contributed by atoms with E-state index < -0.39 is 65.7 Å². The molecule has 1 aromatic rings. The summed E-state index contributed by atoms with van der Waals surface area (Å²) < 4.78 is 55.1. The number of hydrogen-bond donors (Lipinski definition) is 2. The molecule has 17 nitrogen and oxygen atoms in total. The molecule has 0 spiro atoms. The molecule has 0 aliphatic carbocycles. The van der Waals surface area contributed by atoms with E-state index in [0.29, 0.717) is 0 Å². The third kappa shape index (κ3) is 6.97. The number of aromatic amines is 1. The van der Waals surface area contributed by atoms with Crippen LogP contribution < -0.4 is 30.8 Å². The second-order valence-electron chi connectivity index (χ2n) is 6.04. The number of aliphatic hydroxyl groups is 1. The SMILES string of the molecule is COC1C(c2cn(C)c(=O)[nH]c2=O)OC(COP(=O)([O-])OP(=O)([O-])OP(=O)([O-])[O-])C1O. The first-order valence-corrected chi connectivity index (χ1v) is 12.3. The molecule has 31 heavy (non-hydrogen) atoms. The maximum Gasteiger partial charge on any atom is 0.328 e. The summed E-state index contributed by atoms with van der Waals surface area (Å²) >= 11 is 0. The second-order valence-corrected chi connectivity index (χ2v) is 10.3. The lowest BCUT2D eigenvalue weighted by Gasteiger charge is -2.37. The Morgan fingerprint density at radius 1 is 1.16 bits per heavy atom. The molecule has 20 heteroatoms. The van der Waals surface area contributed by atoms with Crippen molar-refractivity contribution in [1.82, 2.24) is 9.55 Å². The van der Waals surface area contributed by atoms with Crippen LogP contribution in [0.4, 0.5) is 0 Å². The lowest BCUT2D eigenvalue weighted by Crippen LogP contribution is -2.36. The van der Waals surface area contributed by atoms with Crippen molar-refractivity contribution in [2.24, 2.45) is 7.05 Å². The van der Waals surface area contributed by atoms with Crippen molar-refractivity contribution in [3.63, 3.8) is 0 Å². The smallest absolute Gasteiger partial charge is 0.328 e. The number of methoxy groups -OCH3 is 1. The van der Waals surface area contributed by atoms with E-state index in [1.807, 2.05) is 4.98 Å². The largest absolute Gasteiger partial charge is 0.790 e. The molecule has 2 heterocycles. The van der Waals surface area contributed by atoms with Gasteiger partial charge in [-0.1, -0.05) is 0 Å². The Hall–Kier alpha value is -1.03. The van der Waals surface area contributed by atoms with Crippen LogP contribution in [-0.2, 0) is 43.4 Å². The highest BCUT2D eigenvalue weighted by Crippen LogP contribution is 2.60. The molecular weight excluding hydrogens is 493 g/mol. The lowest BCUT2D eigenvalue weighted by molar-refractivity contribution is -0.339. The molecule has 1 saturated heterocycles. The van der Waals surface area contributed by atoms with Gasteiger partial charge < -0.3 is 47.8 Å². The standard InChI is InChI=1S/C11H19N2O15P3/c1-13-3-5(10(15)12-11(13)16)8-9(24-2)7(14)6(26-8)4-25-30(20,21)28-31(22,23)27-29(17,18)19/h3,6-9,14H,4H2,1-2H3,(H,20,21)(H,22,23)(H,12,15,16)(H2,17,18,19)/p-4. The van der Waals surface area contributed by atoms with E-state index in [-0.39, 0.29) is 5.56 Å². The van der Waals surface area contributed by atoms with Gasteiger partial charge >= 0.3 is 5.69 Å². The molecule has 0 radical (unpaired) electrons. The Morgan fingerprint density at radius 2 is 1.77 bits per heavy atom. The van der Waals surface area contributed by atoms with E-state index in [9.17, 15) is 48.0 Å². The average molecular weight is 508 g/mol. The monoisotopic (exact) mass is 508 g/mol. The molecule has 6 unspecified atom stereocenters. The van der Waals surface area contributed by atoms with E-state index in [2.05, 4.69) is 13.1 Å². The van der Waals surface area contributed by atoms with Gasteiger partial charge in [-0.15, -0.1) is 0 Å². The molecule has 0 saturated carbocycles. The van der Waals surface area contributed by atoms with Crippen LogP contribution >= 0.6 is 23.5 Å². The number of phosphoric acid groups is 3. The molecule has 2 rings (SSSR count). The van der Waals surface area contributed by atoms with E-state index in [0.717, 1.165) is 17.9 Å².